The van der Waals surface area contributed by atoms with Crippen LogP contribution in [0.5, 0.6) is 5.75 Å². The van der Waals surface area contributed by atoms with E-state index in [1.807, 2.05) is 18.2 Å². The van der Waals surface area contributed by atoms with E-state index < -0.39 is 21.7 Å². The molecule has 1 aliphatic heterocycles. The van der Waals surface area contributed by atoms with E-state index in [1.54, 1.807) is 6.07 Å². The smallest absolute Gasteiger partial charge is 0.209 e. The summed E-state index contributed by atoms with van der Waals surface area (Å²) in [5.41, 5.74) is 0.559. The molecule has 1 aromatic rings. The van der Waals surface area contributed by atoms with Crippen LogP contribution in [0.3, 0.4) is 0 Å². The molecule has 3 aliphatic rings. The van der Waals surface area contributed by atoms with Crippen molar-refractivity contribution in [3.63, 3.8) is 0 Å². The highest BCUT2D eigenvalue weighted by Gasteiger charge is 2.56. The van der Waals surface area contributed by atoms with Crippen LogP contribution in [0, 0.1) is 0 Å². The Labute approximate surface area is 213 Å². The summed E-state index contributed by atoms with van der Waals surface area (Å²) in [4.78, 5) is 0. The summed E-state index contributed by atoms with van der Waals surface area (Å²) < 4.78 is 41.8. The first-order valence-electron chi connectivity index (χ1n) is 12.3. The number of hydrogen-bond donors (Lipinski definition) is 1. The van der Waals surface area contributed by atoms with Gasteiger partial charge in [0.2, 0.25) is 10.0 Å². The Balaban J connectivity index is 1.91. The van der Waals surface area contributed by atoms with Gasteiger partial charge in [-0.1, -0.05) is 68.1 Å². The lowest BCUT2D eigenvalue weighted by Gasteiger charge is -2.54. The van der Waals surface area contributed by atoms with Crippen LogP contribution in [0.25, 0.3) is 0 Å². The second-order valence-electron chi connectivity index (χ2n) is 9.96. The van der Waals surface area contributed by atoms with Crippen molar-refractivity contribution < 1.29 is 17.9 Å². The van der Waals surface area contributed by atoms with Gasteiger partial charge >= 0.3 is 0 Å². The van der Waals surface area contributed by atoms with Gasteiger partial charge in [0.25, 0.3) is 0 Å². The van der Waals surface area contributed by atoms with Gasteiger partial charge < -0.3 is 9.47 Å². The molecule has 1 saturated carbocycles. The summed E-state index contributed by atoms with van der Waals surface area (Å²) in [7, 11) is -3.60. The lowest BCUT2D eigenvalue weighted by atomic mass is 9.62. The molecule has 188 valence electrons. The van der Waals surface area contributed by atoms with Crippen molar-refractivity contribution in [1.29, 1.82) is 0 Å². The van der Waals surface area contributed by atoms with Crippen LogP contribution in [-0.4, -0.2) is 38.5 Å². The molecule has 0 radical (unpaired) electrons. The van der Waals surface area contributed by atoms with E-state index >= 15 is 0 Å². The van der Waals surface area contributed by atoms with Crippen LogP contribution in [0.2, 0.25) is 10.0 Å². The van der Waals surface area contributed by atoms with Gasteiger partial charge in [-0.15, -0.1) is 0 Å². The number of fused-ring (bicyclic) bond motifs is 1. The summed E-state index contributed by atoms with van der Waals surface area (Å²) in [6, 6.07) is 3.57. The number of rotatable bonds is 9. The third-order valence-corrected chi connectivity index (χ3v) is 8.51. The fourth-order valence-corrected chi connectivity index (χ4v) is 7.18. The number of benzene rings is 1. The van der Waals surface area contributed by atoms with E-state index in [4.69, 9.17) is 32.7 Å². The number of hydrogen-bond acceptors (Lipinski definition) is 4. The van der Waals surface area contributed by atoms with E-state index in [9.17, 15) is 8.42 Å². The number of halogens is 2. The number of sulfonamides is 1. The minimum atomic E-state index is -3.60. The van der Waals surface area contributed by atoms with Gasteiger partial charge in [0.15, 0.2) is 0 Å². The van der Waals surface area contributed by atoms with Gasteiger partial charge in [-0.2, -0.15) is 0 Å². The maximum Gasteiger partial charge on any atom is 0.209 e. The molecule has 0 saturated heterocycles. The molecule has 3 atom stereocenters. The normalized spacial score (nSPS) is 27.6. The highest BCUT2D eigenvalue weighted by Crippen LogP contribution is 2.57. The molecule has 0 bridgehead atoms. The van der Waals surface area contributed by atoms with Crippen molar-refractivity contribution in [2.45, 2.75) is 88.4 Å². The Hall–Kier alpha value is -1.05. The zero-order valence-corrected chi connectivity index (χ0v) is 22.5. The van der Waals surface area contributed by atoms with Crippen molar-refractivity contribution in [2.24, 2.45) is 0 Å². The van der Waals surface area contributed by atoms with Gasteiger partial charge in [-0.3, -0.25) is 0 Å². The molecule has 34 heavy (non-hydrogen) atoms. The zero-order chi connectivity index (χ0) is 24.6. The van der Waals surface area contributed by atoms with E-state index in [2.05, 4.69) is 24.6 Å². The quantitative estimate of drug-likeness (QED) is 0.369. The molecular formula is C26H35Cl2NO4S. The average molecular weight is 529 g/mol. The van der Waals surface area contributed by atoms with Crippen LogP contribution < -0.4 is 9.46 Å². The molecule has 0 aromatic heterocycles. The van der Waals surface area contributed by atoms with Gasteiger partial charge in [-0.25, -0.2) is 13.1 Å². The van der Waals surface area contributed by atoms with Crippen molar-refractivity contribution in [3.8, 4) is 5.75 Å². The van der Waals surface area contributed by atoms with Gasteiger partial charge in [0, 0.05) is 23.1 Å². The molecule has 4 rings (SSSR count). The Morgan fingerprint density at radius 1 is 1.21 bits per heavy atom. The Morgan fingerprint density at radius 3 is 2.59 bits per heavy atom. The first-order valence-corrected chi connectivity index (χ1v) is 14.9. The maximum atomic E-state index is 12.9. The summed E-state index contributed by atoms with van der Waals surface area (Å²) in [5.74, 6) is 0.356. The highest BCUT2D eigenvalue weighted by atomic mass is 35.5. The Bertz CT molecular complexity index is 1080. The van der Waals surface area contributed by atoms with E-state index in [1.165, 1.54) is 6.26 Å². The minimum Gasteiger partial charge on any atom is -0.485 e. The molecule has 1 fully saturated rings. The van der Waals surface area contributed by atoms with E-state index in [0.717, 1.165) is 56.1 Å². The predicted molar refractivity (Wildman–Crippen MR) is 139 cm³/mol. The number of nitrogens with one attached hydrogen (secondary N) is 1. The lowest BCUT2D eigenvalue weighted by molar-refractivity contribution is -0.0549. The maximum absolute atomic E-state index is 12.9. The summed E-state index contributed by atoms with van der Waals surface area (Å²) >= 11 is 13.1. The molecule has 0 amide bonds. The summed E-state index contributed by atoms with van der Waals surface area (Å²) in [6.07, 6.45) is 14.0. The molecule has 1 N–H and O–H groups in total. The predicted octanol–water partition coefficient (Wildman–Crippen LogP) is 6.55. The topological polar surface area (TPSA) is 64.6 Å². The SMILES string of the molecule is CCCCOC1C(CCC)=CC=CC1(NS(C)(=O)=O)C1CC2(CCC2)Oc2c(Cl)cc(Cl)cc21. The molecule has 1 spiro atoms. The zero-order valence-electron chi connectivity index (χ0n) is 20.2. The van der Waals surface area contributed by atoms with Gasteiger partial charge in [-0.05, 0) is 56.2 Å². The fraction of sp³-hybridized carbons (Fsp3) is 0.615. The first-order chi connectivity index (χ1) is 16.1. The Kier molecular flexibility index (Phi) is 7.76. The minimum absolute atomic E-state index is 0.258. The number of allylic oxidation sites excluding steroid dienone is 2. The third-order valence-electron chi connectivity index (χ3n) is 7.28. The van der Waals surface area contributed by atoms with Crippen molar-refractivity contribution in [3.05, 3.63) is 51.5 Å². The lowest BCUT2D eigenvalue weighted by Crippen LogP contribution is -2.63. The first kappa shape index (κ1) is 26.0. The van der Waals surface area contributed by atoms with E-state index in [-0.39, 0.29) is 11.5 Å². The number of ether oxygens (including phenoxy) is 2. The van der Waals surface area contributed by atoms with Crippen LogP contribution >= 0.6 is 23.2 Å². The molecule has 8 heteroatoms. The largest absolute Gasteiger partial charge is 0.485 e. The van der Waals surface area contributed by atoms with Crippen LogP contribution in [0.1, 0.15) is 76.7 Å². The molecule has 1 heterocycles. The summed E-state index contributed by atoms with van der Waals surface area (Å²) in [5, 5.41) is 0.963. The van der Waals surface area contributed by atoms with Crippen LogP contribution in [0.15, 0.2) is 35.9 Å². The van der Waals surface area contributed by atoms with E-state index in [0.29, 0.717) is 28.8 Å². The van der Waals surface area contributed by atoms with Crippen molar-refractivity contribution >= 4 is 33.2 Å². The summed E-state index contributed by atoms with van der Waals surface area (Å²) in [6.45, 7) is 4.80. The molecule has 2 aliphatic carbocycles. The van der Waals surface area contributed by atoms with Gasteiger partial charge in [0.05, 0.1) is 16.8 Å². The molecule has 5 nitrogen and oxygen atoms in total. The molecule has 3 unspecified atom stereocenters. The molecular weight excluding hydrogens is 493 g/mol. The molecule has 1 aromatic carbocycles. The van der Waals surface area contributed by atoms with Crippen molar-refractivity contribution in [2.75, 3.05) is 12.9 Å². The fourth-order valence-electron chi connectivity index (χ4n) is 5.68. The monoisotopic (exact) mass is 527 g/mol. The number of unbranched alkanes of at least 4 members (excludes halogenated alkanes) is 1. The standard InChI is InChI=1S/C26H35Cl2NO4S/c1-4-6-14-32-24-18(9-5-2)10-7-13-26(24,29-34(3,30)31)21-17-25(11-8-12-25)33-23-20(21)15-19(27)16-22(23)28/h7,10,13,15-16,21,24,29H,4-6,8-9,11-12,14,17H2,1-3H3. The van der Waals surface area contributed by atoms with Gasteiger partial charge in [0.1, 0.15) is 17.5 Å². The van der Waals surface area contributed by atoms with Crippen LogP contribution in [0.4, 0.5) is 0 Å². The van der Waals surface area contributed by atoms with Crippen molar-refractivity contribution in [1.82, 2.24) is 4.72 Å². The second-order valence-corrected chi connectivity index (χ2v) is 12.6. The Morgan fingerprint density at radius 2 is 1.97 bits per heavy atom. The van der Waals surface area contributed by atoms with Crippen LogP contribution in [-0.2, 0) is 14.8 Å². The third kappa shape index (κ3) is 5.08. The second kappa shape index (κ2) is 10.1. The average Bonchev–Trinajstić information content (AvgIpc) is 2.73. The highest BCUT2D eigenvalue weighted by molar-refractivity contribution is 7.88.